The number of rotatable bonds is 2. The standard InChI is InChI=1S/C3H8N2O3/c1-3(2-6)5(8)4-7/h3,6-7H,2H2,1H3/t3-/m1/s1. The third-order valence-electron chi connectivity index (χ3n) is 0.729. The first kappa shape index (κ1) is 7.16. The van der Waals surface area contributed by atoms with Crippen molar-refractivity contribution in [1.82, 2.24) is 0 Å². The van der Waals surface area contributed by atoms with Gasteiger partial charge in [0.15, 0.2) is 5.28 Å². The summed E-state index contributed by atoms with van der Waals surface area (Å²) in [5.41, 5.74) is 0. The SMILES string of the molecule is C[C@H](CO)[N+]([O-])=NO. The van der Waals surface area contributed by atoms with Crippen molar-refractivity contribution in [2.75, 3.05) is 6.61 Å². The van der Waals surface area contributed by atoms with Crippen molar-refractivity contribution in [2.24, 2.45) is 5.28 Å². The molecule has 0 aromatic heterocycles. The Bertz CT molecular complexity index is 92.5. The van der Waals surface area contributed by atoms with Crippen LogP contribution in [-0.2, 0) is 0 Å². The zero-order valence-electron chi connectivity index (χ0n) is 4.48. The van der Waals surface area contributed by atoms with Crippen LogP contribution in [-0.4, -0.2) is 27.8 Å². The number of nitrogens with zero attached hydrogens (tertiary/aromatic N) is 2. The summed E-state index contributed by atoms with van der Waals surface area (Å²) in [6, 6.07) is -0.667. The molecule has 0 fully saturated rings. The van der Waals surface area contributed by atoms with Gasteiger partial charge in [0, 0.05) is 6.92 Å². The molecule has 0 saturated heterocycles. The summed E-state index contributed by atoms with van der Waals surface area (Å²) >= 11 is 0. The molecule has 0 aliphatic carbocycles. The smallest absolute Gasteiger partial charge is 0.213 e. The maximum Gasteiger partial charge on any atom is 0.213 e. The lowest BCUT2D eigenvalue weighted by Crippen LogP contribution is -2.19. The second-order valence-electron chi connectivity index (χ2n) is 1.42. The number of aliphatic hydroxyl groups is 1. The minimum absolute atomic E-state index is 0.0278. The van der Waals surface area contributed by atoms with Crippen LogP contribution in [0.3, 0.4) is 0 Å². The van der Waals surface area contributed by atoms with E-state index in [1.165, 1.54) is 6.92 Å². The highest BCUT2D eigenvalue weighted by atomic mass is 16.6. The van der Waals surface area contributed by atoms with Crippen molar-refractivity contribution in [1.29, 1.82) is 0 Å². The molecule has 0 radical (unpaired) electrons. The molecule has 0 saturated carbocycles. The summed E-state index contributed by atoms with van der Waals surface area (Å²) in [5, 5.41) is 28.3. The van der Waals surface area contributed by atoms with E-state index in [-0.39, 0.29) is 11.5 Å². The molecular formula is C3H8N2O3. The van der Waals surface area contributed by atoms with Crippen LogP contribution in [0.2, 0.25) is 0 Å². The second kappa shape index (κ2) is 3.20. The van der Waals surface area contributed by atoms with Gasteiger partial charge in [-0.3, -0.25) is 0 Å². The molecule has 0 aromatic rings. The predicted octanol–water partition coefficient (Wildman–Crippen LogP) is -0.281. The van der Waals surface area contributed by atoms with E-state index >= 15 is 0 Å². The molecule has 0 spiro atoms. The van der Waals surface area contributed by atoms with Crippen molar-refractivity contribution in [3.05, 3.63) is 5.21 Å². The van der Waals surface area contributed by atoms with Crippen molar-refractivity contribution >= 4 is 0 Å². The molecular weight excluding hydrogens is 112 g/mol. The lowest BCUT2D eigenvalue weighted by atomic mass is 10.4. The number of hydrogen-bond donors (Lipinski definition) is 2. The fourth-order valence-corrected chi connectivity index (χ4v) is 0.158. The van der Waals surface area contributed by atoms with Crippen molar-refractivity contribution in [2.45, 2.75) is 13.0 Å². The molecule has 0 bridgehead atoms. The van der Waals surface area contributed by atoms with Gasteiger partial charge < -0.3 is 15.5 Å². The number of hydroxylamine groups is 1. The monoisotopic (exact) mass is 120 g/mol. The summed E-state index contributed by atoms with van der Waals surface area (Å²) in [6.07, 6.45) is 0. The normalized spacial score (nSPS) is 16.0. The van der Waals surface area contributed by atoms with Crippen LogP contribution in [0.5, 0.6) is 0 Å². The van der Waals surface area contributed by atoms with Gasteiger partial charge in [-0.25, -0.2) is 0 Å². The van der Waals surface area contributed by atoms with Gasteiger partial charge in [-0.2, -0.15) is 0 Å². The van der Waals surface area contributed by atoms with Gasteiger partial charge in [-0.15, -0.1) is 0 Å². The first-order valence-electron chi connectivity index (χ1n) is 2.14. The highest BCUT2D eigenvalue weighted by Crippen LogP contribution is 1.85. The highest BCUT2D eigenvalue weighted by Gasteiger charge is 2.07. The van der Waals surface area contributed by atoms with E-state index in [4.69, 9.17) is 10.3 Å². The van der Waals surface area contributed by atoms with E-state index < -0.39 is 6.04 Å². The van der Waals surface area contributed by atoms with Crippen LogP contribution in [0.25, 0.3) is 0 Å². The fraction of sp³-hybridized carbons (Fsp3) is 1.00. The van der Waals surface area contributed by atoms with Crippen LogP contribution in [0, 0.1) is 5.21 Å². The molecule has 0 heterocycles. The lowest BCUT2D eigenvalue weighted by Gasteiger charge is -2.01. The molecule has 0 amide bonds. The molecule has 5 heteroatoms. The predicted molar refractivity (Wildman–Crippen MR) is 24.4 cm³/mol. The Hall–Kier alpha value is -0.840. The Balaban J connectivity index is 3.63. The summed E-state index contributed by atoms with van der Waals surface area (Å²) < 4.78 is 0. The Morgan fingerprint density at radius 1 is 1.88 bits per heavy atom. The molecule has 8 heavy (non-hydrogen) atoms. The molecule has 48 valence electrons. The Morgan fingerprint density at radius 3 is 2.50 bits per heavy atom. The van der Waals surface area contributed by atoms with Gasteiger partial charge in [0.2, 0.25) is 6.04 Å². The van der Waals surface area contributed by atoms with Gasteiger partial charge in [0.05, 0.1) is 0 Å². The third kappa shape index (κ3) is 1.74. The van der Waals surface area contributed by atoms with Crippen LogP contribution < -0.4 is 0 Å². The van der Waals surface area contributed by atoms with Gasteiger partial charge in [0.1, 0.15) is 6.61 Å². The molecule has 0 rings (SSSR count). The number of hydrogen-bond acceptors (Lipinski definition) is 3. The van der Waals surface area contributed by atoms with E-state index in [2.05, 4.69) is 5.28 Å². The van der Waals surface area contributed by atoms with Crippen molar-refractivity contribution in [3.63, 3.8) is 0 Å². The zero-order chi connectivity index (χ0) is 6.57. The van der Waals surface area contributed by atoms with Crippen molar-refractivity contribution < 1.29 is 15.2 Å². The topological polar surface area (TPSA) is 78.9 Å². The van der Waals surface area contributed by atoms with E-state index in [1.54, 1.807) is 0 Å². The molecule has 0 unspecified atom stereocenters. The molecule has 0 aliphatic heterocycles. The summed E-state index contributed by atoms with van der Waals surface area (Å²) in [6.45, 7) is 1.13. The van der Waals surface area contributed by atoms with E-state index in [9.17, 15) is 5.21 Å². The molecule has 5 nitrogen and oxygen atoms in total. The van der Waals surface area contributed by atoms with Crippen LogP contribution in [0.15, 0.2) is 5.28 Å². The van der Waals surface area contributed by atoms with Gasteiger partial charge in [-0.05, 0) is 0 Å². The van der Waals surface area contributed by atoms with Gasteiger partial charge in [-0.1, -0.05) is 4.86 Å². The summed E-state index contributed by atoms with van der Waals surface area (Å²) in [4.78, 5) is 0.0278. The maximum absolute atomic E-state index is 10.1. The van der Waals surface area contributed by atoms with E-state index in [1.807, 2.05) is 0 Å². The summed E-state index contributed by atoms with van der Waals surface area (Å²) in [7, 11) is 0. The number of aliphatic hydroxyl groups excluding tert-OH is 1. The third-order valence-corrected chi connectivity index (χ3v) is 0.729. The maximum atomic E-state index is 10.1. The molecule has 0 aromatic carbocycles. The molecule has 2 N–H and O–H groups in total. The molecule has 1 atom stereocenters. The minimum Gasteiger partial charge on any atom is -0.597 e. The van der Waals surface area contributed by atoms with Crippen molar-refractivity contribution in [3.8, 4) is 0 Å². The highest BCUT2D eigenvalue weighted by molar-refractivity contribution is 4.37. The first-order valence-corrected chi connectivity index (χ1v) is 2.14. The van der Waals surface area contributed by atoms with Crippen LogP contribution in [0.4, 0.5) is 0 Å². The Labute approximate surface area is 46.4 Å². The van der Waals surface area contributed by atoms with Gasteiger partial charge in [0.25, 0.3) is 0 Å². The summed E-state index contributed by atoms with van der Waals surface area (Å²) in [5.74, 6) is 0. The largest absolute Gasteiger partial charge is 0.597 e. The van der Waals surface area contributed by atoms with E-state index in [0.29, 0.717) is 0 Å². The van der Waals surface area contributed by atoms with Crippen LogP contribution in [0.1, 0.15) is 6.92 Å². The Kier molecular flexibility index (Phi) is 2.86. The van der Waals surface area contributed by atoms with Crippen LogP contribution >= 0.6 is 0 Å². The second-order valence-corrected chi connectivity index (χ2v) is 1.42. The van der Waals surface area contributed by atoms with E-state index in [0.717, 1.165) is 0 Å². The quantitative estimate of drug-likeness (QED) is 0.299. The lowest BCUT2D eigenvalue weighted by molar-refractivity contribution is -0.590. The first-order chi connectivity index (χ1) is 3.72. The van der Waals surface area contributed by atoms with Gasteiger partial charge >= 0.3 is 0 Å². The average molecular weight is 120 g/mol. The minimum atomic E-state index is -0.667. The molecule has 0 aliphatic rings. The average Bonchev–Trinajstić information content (AvgIpc) is 1.84. The zero-order valence-corrected chi connectivity index (χ0v) is 4.48. The fourth-order valence-electron chi connectivity index (χ4n) is 0.158. The Morgan fingerprint density at radius 2 is 2.38 bits per heavy atom.